The number of piperidine rings is 1. The number of hydrogen-bond donors (Lipinski definition) is 3. The first-order chi connectivity index (χ1) is 19.4. The van der Waals surface area contributed by atoms with Gasteiger partial charge in [0.25, 0.3) is 0 Å². The van der Waals surface area contributed by atoms with E-state index in [0.29, 0.717) is 24.1 Å². The maximum Gasteiger partial charge on any atom is 0.407 e. The number of amides is 4. The average Bonchev–Trinajstić information content (AvgIpc) is 3.30. The van der Waals surface area contributed by atoms with Crippen molar-refractivity contribution in [3.05, 3.63) is 64.2 Å². The number of nitrogens with zero attached hydrogens (tertiary/aromatic N) is 1. The van der Waals surface area contributed by atoms with Crippen LogP contribution in [0, 0.1) is 13.0 Å². The summed E-state index contributed by atoms with van der Waals surface area (Å²) in [5.74, 6) is -1.09. The largest absolute Gasteiger partial charge is 0.446 e. The second-order valence-electron chi connectivity index (χ2n) is 8.39. The molecule has 0 bridgehead atoms. The van der Waals surface area contributed by atoms with Crippen LogP contribution in [0.2, 0.25) is 0 Å². The van der Waals surface area contributed by atoms with Gasteiger partial charge in [-0.2, -0.15) is 0 Å². The van der Waals surface area contributed by atoms with E-state index in [2.05, 4.69) is 22.0 Å². The van der Waals surface area contributed by atoms with E-state index in [4.69, 9.17) is 4.74 Å². The molecule has 0 spiro atoms. The third-order valence-corrected chi connectivity index (χ3v) is 5.95. The third kappa shape index (κ3) is 10.9. The summed E-state index contributed by atoms with van der Waals surface area (Å²) in [7, 11) is 0. The van der Waals surface area contributed by atoms with Crippen molar-refractivity contribution in [2.75, 3.05) is 11.9 Å². The Morgan fingerprint density at radius 2 is 1.76 bits per heavy atom. The molecule has 2 aromatic rings. The van der Waals surface area contributed by atoms with Crippen molar-refractivity contribution in [2.24, 2.45) is 0 Å². The molecule has 2 aromatic carbocycles. The van der Waals surface area contributed by atoms with Crippen LogP contribution < -0.4 is 16.0 Å². The van der Waals surface area contributed by atoms with Gasteiger partial charge < -0.3 is 25.1 Å². The number of ether oxygens (including phenoxy) is 1. The maximum absolute atomic E-state index is 12.9. The van der Waals surface area contributed by atoms with Gasteiger partial charge in [0, 0.05) is 64.5 Å². The van der Waals surface area contributed by atoms with Crippen LogP contribution in [0.5, 0.6) is 0 Å². The van der Waals surface area contributed by atoms with E-state index in [1.54, 1.807) is 12.1 Å². The van der Waals surface area contributed by atoms with Gasteiger partial charge in [-0.25, -0.2) is 4.79 Å². The van der Waals surface area contributed by atoms with Crippen LogP contribution in [-0.4, -0.2) is 41.3 Å². The number of fused-ring (bicyclic) bond motifs is 1. The molecule has 223 valence electrons. The molecule has 2 aliphatic heterocycles. The summed E-state index contributed by atoms with van der Waals surface area (Å²) >= 11 is 0. The van der Waals surface area contributed by atoms with Crippen LogP contribution in [0.3, 0.4) is 0 Å². The molecule has 1 saturated heterocycles. The van der Waals surface area contributed by atoms with Crippen molar-refractivity contribution < 1.29 is 56.6 Å². The summed E-state index contributed by atoms with van der Waals surface area (Å²) in [5.41, 5.74) is 4.78. The van der Waals surface area contributed by atoms with Gasteiger partial charge in [-0.15, -0.1) is 23.8 Å². The smallest absolute Gasteiger partial charge is 0.407 e. The Hall–Kier alpha value is -2.78. The van der Waals surface area contributed by atoms with Gasteiger partial charge in [-0.05, 0) is 37.5 Å². The molecule has 4 amide bonds. The normalized spacial score (nSPS) is 14.8. The van der Waals surface area contributed by atoms with Crippen LogP contribution in [0.15, 0.2) is 30.3 Å². The predicted molar refractivity (Wildman–Crippen MR) is 158 cm³/mol. The van der Waals surface area contributed by atoms with Crippen molar-refractivity contribution in [2.45, 2.75) is 94.0 Å². The minimum atomic E-state index is -0.674. The maximum atomic E-state index is 12.9. The number of benzene rings is 2. The number of alkyl carbamates (subject to hydrolysis) is 1. The summed E-state index contributed by atoms with van der Waals surface area (Å²) in [6.07, 6.45) is -0.0649. The van der Waals surface area contributed by atoms with Crippen LogP contribution >= 0.6 is 0 Å². The fraction of sp³-hybridized carbons (Fsp3) is 0.484. The fourth-order valence-electron chi connectivity index (χ4n) is 4.20. The first kappa shape index (κ1) is 38.2. The summed E-state index contributed by atoms with van der Waals surface area (Å²) in [6, 6.07) is 11.8. The standard InChI is InChI=1S/C25H27N4O5.3C2H6.Y/c1-3-26-20-7-5-16(10-15(20)2)12-27-25(33)34-14-17-4-6-18-13-29(24(32)19(18)11-17)21-8-9-22(30)28-23(21)31;3*1-2;/h4-7,10,21,26H,3,8-9,12-14H2,1-2H3,(H,27,33)(H,28,30,31);3*1-2H3;/q-1;;;;. The Morgan fingerprint density at radius 3 is 2.37 bits per heavy atom. The van der Waals surface area contributed by atoms with E-state index in [9.17, 15) is 19.2 Å². The Labute approximate surface area is 270 Å². The molecule has 9 nitrogen and oxygen atoms in total. The van der Waals surface area contributed by atoms with Crippen molar-refractivity contribution >= 4 is 29.5 Å². The van der Waals surface area contributed by atoms with Crippen LogP contribution in [0.1, 0.15) is 93.9 Å². The molecule has 1 radical (unpaired) electrons. The van der Waals surface area contributed by atoms with E-state index < -0.39 is 18.0 Å². The Kier molecular flexibility index (Phi) is 18.8. The molecule has 1 atom stereocenters. The summed E-state index contributed by atoms with van der Waals surface area (Å²) in [6.45, 7) is 17.5. The molecule has 3 N–H and O–H groups in total. The molecular weight excluding hydrogens is 597 g/mol. The molecule has 2 heterocycles. The molecule has 0 aliphatic carbocycles. The number of rotatable bonds is 7. The molecule has 2 aliphatic rings. The number of carbonyl (C=O) groups is 4. The molecule has 1 unspecified atom stereocenters. The van der Waals surface area contributed by atoms with E-state index >= 15 is 0 Å². The zero-order chi connectivity index (χ0) is 30.2. The van der Waals surface area contributed by atoms with E-state index in [1.807, 2.05) is 73.6 Å². The van der Waals surface area contributed by atoms with E-state index in [-0.39, 0.29) is 64.1 Å². The topological polar surface area (TPSA) is 117 Å². The van der Waals surface area contributed by atoms with Crippen molar-refractivity contribution in [3.63, 3.8) is 0 Å². The zero-order valence-electron chi connectivity index (χ0n) is 25.8. The van der Waals surface area contributed by atoms with Crippen molar-refractivity contribution in [1.29, 1.82) is 0 Å². The molecule has 0 saturated carbocycles. The number of nitrogens with one attached hydrogen (secondary N) is 3. The van der Waals surface area contributed by atoms with E-state index in [0.717, 1.165) is 28.9 Å². The monoisotopic (exact) mass is 642 g/mol. The van der Waals surface area contributed by atoms with Crippen molar-refractivity contribution in [3.8, 4) is 0 Å². The Bertz CT molecular complexity index is 1160. The van der Waals surface area contributed by atoms with Gasteiger partial charge in [0.2, 0.25) is 11.8 Å². The molecule has 41 heavy (non-hydrogen) atoms. The predicted octanol–water partition coefficient (Wildman–Crippen LogP) is 5.49. The third-order valence-electron chi connectivity index (χ3n) is 5.95. The van der Waals surface area contributed by atoms with Crippen LogP contribution in [-0.2, 0) is 66.7 Å². The second-order valence-corrected chi connectivity index (χ2v) is 8.39. The Balaban J connectivity index is 0.00000215. The molecule has 1 fully saturated rings. The quantitative estimate of drug-likeness (QED) is 0.272. The van der Waals surface area contributed by atoms with E-state index in [1.165, 1.54) is 4.90 Å². The number of carbonyl (C=O) groups excluding carboxylic acids is 4. The van der Waals surface area contributed by atoms with Crippen LogP contribution in [0.25, 0.3) is 0 Å². The Morgan fingerprint density at radius 1 is 1.07 bits per heavy atom. The molecule has 4 rings (SSSR count). The average molecular weight is 643 g/mol. The molecule has 0 aromatic heterocycles. The number of aryl methyl sites for hydroxylation is 1. The fourth-order valence-corrected chi connectivity index (χ4v) is 4.20. The minimum Gasteiger partial charge on any atom is -0.446 e. The summed E-state index contributed by atoms with van der Waals surface area (Å²) in [4.78, 5) is 50.0. The first-order valence-corrected chi connectivity index (χ1v) is 14.3. The van der Waals surface area contributed by atoms with Gasteiger partial charge in [-0.3, -0.25) is 14.9 Å². The van der Waals surface area contributed by atoms with Gasteiger partial charge in [0.1, 0.15) is 12.6 Å². The zero-order valence-corrected chi connectivity index (χ0v) is 28.6. The second kappa shape index (κ2) is 20.2. The molecular formula is C31H45N4O5Y-. The van der Waals surface area contributed by atoms with Gasteiger partial charge in [0.05, 0.1) is 0 Å². The van der Waals surface area contributed by atoms with Crippen molar-refractivity contribution in [1.82, 2.24) is 15.5 Å². The van der Waals surface area contributed by atoms with Gasteiger partial charge >= 0.3 is 6.09 Å². The summed E-state index contributed by atoms with van der Waals surface area (Å²) < 4.78 is 5.29. The summed E-state index contributed by atoms with van der Waals surface area (Å²) in [5, 5.41) is 8.28. The number of anilines is 1. The first-order valence-electron chi connectivity index (χ1n) is 14.3. The SMILES string of the molecule is CC.CC.CC.CCNc1ccc(CNC(=O)OCc2[c-]c3c(cc2)CN(C2CCC(=O)NC2=O)C3=O)cc1C.[Y]. The van der Waals surface area contributed by atoms with Gasteiger partial charge in [-0.1, -0.05) is 64.8 Å². The van der Waals surface area contributed by atoms with Gasteiger partial charge in [0.15, 0.2) is 5.91 Å². The molecule has 10 heteroatoms. The number of hydrogen-bond acceptors (Lipinski definition) is 6. The minimum absolute atomic E-state index is 0. The van der Waals surface area contributed by atoms with Crippen LogP contribution in [0.4, 0.5) is 10.5 Å². The number of imide groups is 1.